The second-order valence-corrected chi connectivity index (χ2v) is 7.53. The van der Waals surface area contributed by atoms with Crippen LogP contribution in [-0.4, -0.2) is 44.5 Å². The number of aromatic nitrogens is 4. The average molecular weight is 354 g/mol. The van der Waals surface area contributed by atoms with Crippen LogP contribution >= 0.6 is 0 Å². The van der Waals surface area contributed by atoms with Crippen molar-refractivity contribution in [1.82, 2.24) is 24.8 Å². The number of piperidine rings is 1. The first-order chi connectivity index (χ1) is 12.6. The third kappa shape index (κ3) is 3.29. The smallest absolute Gasteiger partial charge is 0.220 e. The van der Waals surface area contributed by atoms with Gasteiger partial charge in [-0.2, -0.15) is 0 Å². The molecular formula is C19H26N6O. The van der Waals surface area contributed by atoms with Gasteiger partial charge in [0, 0.05) is 37.9 Å². The van der Waals surface area contributed by atoms with Crippen LogP contribution in [0.1, 0.15) is 55.4 Å². The third-order valence-electron chi connectivity index (χ3n) is 5.36. The van der Waals surface area contributed by atoms with Gasteiger partial charge in [0.05, 0.1) is 18.0 Å². The second kappa shape index (κ2) is 6.89. The number of likely N-dealkylation sites (tertiary alicyclic amines) is 1. The lowest BCUT2D eigenvalue weighted by molar-refractivity contribution is -0.102. The fourth-order valence-electron chi connectivity index (χ4n) is 3.88. The molecule has 2 aliphatic heterocycles. The molecule has 1 spiro atoms. The lowest BCUT2D eigenvalue weighted by Crippen LogP contribution is -2.47. The Kier molecular flexibility index (Phi) is 4.58. The Labute approximate surface area is 154 Å². The lowest BCUT2D eigenvalue weighted by Gasteiger charge is -2.44. The van der Waals surface area contributed by atoms with Gasteiger partial charge in [0.1, 0.15) is 11.4 Å². The van der Waals surface area contributed by atoms with Crippen molar-refractivity contribution in [1.29, 1.82) is 0 Å². The van der Waals surface area contributed by atoms with Crippen LogP contribution in [0.3, 0.4) is 0 Å². The number of nitrogens with two attached hydrogens (primary N) is 1. The highest BCUT2D eigenvalue weighted by molar-refractivity contribution is 5.32. The van der Waals surface area contributed by atoms with Crippen LogP contribution in [0.2, 0.25) is 0 Å². The number of hydrogen-bond acceptors (Lipinski definition) is 7. The Balaban J connectivity index is 1.47. The number of rotatable bonds is 3. The van der Waals surface area contributed by atoms with Crippen LogP contribution < -0.4 is 5.73 Å². The highest BCUT2D eigenvalue weighted by atomic mass is 16.5. The zero-order chi connectivity index (χ0) is 18.1. The van der Waals surface area contributed by atoms with Gasteiger partial charge in [0.15, 0.2) is 0 Å². The summed E-state index contributed by atoms with van der Waals surface area (Å²) >= 11 is 0. The van der Waals surface area contributed by atoms with E-state index in [1.807, 2.05) is 18.5 Å². The minimum Gasteiger partial charge on any atom is -0.368 e. The summed E-state index contributed by atoms with van der Waals surface area (Å²) in [5.41, 5.74) is 8.78. The zero-order valence-corrected chi connectivity index (χ0v) is 15.5. The topological polar surface area (TPSA) is 90.0 Å². The number of anilines is 1. The van der Waals surface area contributed by atoms with Crippen molar-refractivity contribution < 1.29 is 4.74 Å². The Morgan fingerprint density at radius 2 is 2.04 bits per heavy atom. The minimum absolute atomic E-state index is 0.310. The summed E-state index contributed by atoms with van der Waals surface area (Å²) in [4.78, 5) is 20.2. The Morgan fingerprint density at radius 1 is 1.23 bits per heavy atom. The number of nitrogens with zero attached hydrogens (tertiary/aromatic N) is 5. The first-order valence-corrected chi connectivity index (χ1v) is 9.36. The van der Waals surface area contributed by atoms with Gasteiger partial charge in [-0.25, -0.2) is 19.9 Å². The van der Waals surface area contributed by atoms with Crippen molar-refractivity contribution in [3.05, 3.63) is 41.2 Å². The van der Waals surface area contributed by atoms with E-state index in [1.165, 1.54) is 5.56 Å². The van der Waals surface area contributed by atoms with Gasteiger partial charge in [-0.05, 0) is 30.9 Å². The Morgan fingerprint density at radius 3 is 2.81 bits per heavy atom. The first-order valence-electron chi connectivity index (χ1n) is 9.36. The largest absolute Gasteiger partial charge is 0.368 e. The van der Waals surface area contributed by atoms with E-state index in [-0.39, 0.29) is 5.60 Å². The Hall–Kier alpha value is -2.12. The SMILES string of the molecule is CC(C)c1nccc(CN2CCC3(CC2)OCCc2cnc(N)nc23)n1. The number of fused-ring (bicyclic) bond motifs is 2. The van der Waals surface area contributed by atoms with E-state index in [9.17, 15) is 0 Å². The molecule has 2 aliphatic rings. The molecular weight excluding hydrogens is 328 g/mol. The molecule has 2 aromatic heterocycles. The van der Waals surface area contributed by atoms with Crippen molar-refractivity contribution >= 4 is 5.95 Å². The molecule has 0 aromatic carbocycles. The van der Waals surface area contributed by atoms with Crippen LogP contribution in [0.5, 0.6) is 0 Å². The van der Waals surface area contributed by atoms with Gasteiger partial charge in [0.25, 0.3) is 0 Å². The fourth-order valence-corrected chi connectivity index (χ4v) is 3.88. The van der Waals surface area contributed by atoms with Gasteiger partial charge in [-0.15, -0.1) is 0 Å². The molecule has 4 heterocycles. The van der Waals surface area contributed by atoms with Crippen molar-refractivity contribution in [2.45, 2.75) is 51.2 Å². The molecule has 2 N–H and O–H groups in total. The fraction of sp³-hybridized carbons (Fsp3) is 0.579. The molecule has 0 saturated carbocycles. The van der Waals surface area contributed by atoms with Gasteiger partial charge in [-0.1, -0.05) is 13.8 Å². The van der Waals surface area contributed by atoms with Crippen LogP contribution in [-0.2, 0) is 23.3 Å². The van der Waals surface area contributed by atoms with Crippen LogP contribution in [0.25, 0.3) is 0 Å². The standard InChI is InChI=1S/C19H26N6O/c1-13(2)17-21-7-3-15(23-17)12-25-8-5-19(6-9-25)16-14(4-10-26-19)11-22-18(20)24-16/h3,7,11,13H,4-6,8-10,12H2,1-2H3,(H2,20,22,24). The van der Waals surface area contributed by atoms with Crippen LogP contribution in [0.15, 0.2) is 18.5 Å². The molecule has 0 bridgehead atoms. The number of hydrogen-bond donors (Lipinski definition) is 1. The summed E-state index contributed by atoms with van der Waals surface area (Å²) in [6.45, 7) is 7.71. The summed E-state index contributed by atoms with van der Waals surface area (Å²) in [6.07, 6.45) is 6.42. The molecule has 4 rings (SSSR count). The summed E-state index contributed by atoms with van der Waals surface area (Å²) in [5, 5.41) is 0. The van der Waals surface area contributed by atoms with E-state index in [1.54, 1.807) is 0 Å². The number of nitrogen functional groups attached to an aromatic ring is 1. The average Bonchev–Trinajstić information content (AvgIpc) is 2.65. The molecule has 0 radical (unpaired) electrons. The van der Waals surface area contributed by atoms with Gasteiger partial charge >= 0.3 is 0 Å². The van der Waals surface area contributed by atoms with Gasteiger partial charge in [0.2, 0.25) is 5.95 Å². The normalized spacial score (nSPS) is 19.7. The quantitative estimate of drug-likeness (QED) is 0.902. The van der Waals surface area contributed by atoms with Crippen molar-refractivity contribution in [2.24, 2.45) is 0 Å². The molecule has 1 saturated heterocycles. The van der Waals surface area contributed by atoms with Crippen LogP contribution in [0, 0.1) is 0 Å². The zero-order valence-electron chi connectivity index (χ0n) is 15.5. The number of ether oxygens (including phenoxy) is 1. The molecule has 138 valence electrons. The van der Waals surface area contributed by atoms with Crippen LogP contribution in [0.4, 0.5) is 5.95 Å². The van der Waals surface area contributed by atoms with E-state index in [2.05, 4.69) is 33.7 Å². The maximum atomic E-state index is 6.24. The predicted molar refractivity (Wildman–Crippen MR) is 98.4 cm³/mol. The third-order valence-corrected chi connectivity index (χ3v) is 5.36. The molecule has 7 heteroatoms. The molecule has 1 fully saturated rings. The summed E-state index contributed by atoms with van der Waals surface area (Å²) in [5.74, 6) is 1.59. The molecule has 26 heavy (non-hydrogen) atoms. The molecule has 2 aromatic rings. The summed E-state index contributed by atoms with van der Waals surface area (Å²) in [6, 6.07) is 2.01. The van der Waals surface area contributed by atoms with E-state index in [4.69, 9.17) is 15.5 Å². The van der Waals surface area contributed by atoms with E-state index in [0.717, 1.165) is 62.7 Å². The highest BCUT2D eigenvalue weighted by Crippen LogP contribution is 2.40. The second-order valence-electron chi connectivity index (χ2n) is 7.53. The predicted octanol–water partition coefficient (Wildman–Crippen LogP) is 2.04. The minimum atomic E-state index is -0.310. The highest BCUT2D eigenvalue weighted by Gasteiger charge is 2.42. The monoisotopic (exact) mass is 354 g/mol. The van der Waals surface area contributed by atoms with Crippen molar-refractivity contribution in [3.8, 4) is 0 Å². The van der Waals surface area contributed by atoms with E-state index < -0.39 is 0 Å². The molecule has 0 aliphatic carbocycles. The molecule has 0 unspecified atom stereocenters. The van der Waals surface area contributed by atoms with Crippen molar-refractivity contribution in [2.75, 3.05) is 25.4 Å². The summed E-state index contributed by atoms with van der Waals surface area (Å²) < 4.78 is 6.24. The maximum Gasteiger partial charge on any atom is 0.220 e. The molecule has 0 amide bonds. The van der Waals surface area contributed by atoms with Crippen molar-refractivity contribution in [3.63, 3.8) is 0 Å². The first kappa shape index (κ1) is 17.3. The molecule has 0 atom stereocenters. The van der Waals surface area contributed by atoms with E-state index >= 15 is 0 Å². The molecule has 7 nitrogen and oxygen atoms in total. The lowest BCUT2D eigenvalue weighted by atomic mass is 9.83. The van der Waals surface area contributed by atoms with E-state index in [0.29, 0.717) is 11.9 Å². The Bertz CT molecular complexity index is 785. The maximum absolute atomic E-state index is 6.24. The summed E-state index contributed by atoms with van der Waals surface area (Å²) in [7, 11) is 0. The van der Waals surface area contributed by atoms with Gasteiger partial charge in [-0.3, -0.25) is 4.90 Å². The van der Waals surface area contributed by atoms with Gasteiger partial charge < -0.3 is 10.5 Å².